The zero-order valence-electron chi connectivity index (χ0n) is 16.1. The van der Waals surface area contributed by atoms with Crippen LogP contribution in [0.15, 0.2) is 42.5 Å². The molecule has 25 heavy (non-hydrogen) atoms. The topological polar surface area (TPSA) is 70.5 Å². The van der Waals surface area contributed by atoms with E-state index >= 15 is 0 Å². The lowest BCUT2D eigenvalue weighted by Gasteiger charge is -2.41. The number of methoxy groups -OCH3 is 2. The number of nitrogens with two attached hydrogens (primary N) is 2. The molecule has 2 aliphatic rings. The summed E-state index contributed by atoms with van der Waals surface area (Å²) < 4.78 is 10.2. The molecule has 2 atom stereocenters. The van der Waals surface area contributed by atoms with E-state index in [4.69, 9.17) is 20.9 Å². The third-order valence-electron chi connectivity index (χ3n) is 4.71. The number of benzene rings is 1. The Morgan fingerprint density at radius 1 is 1.28 bits per heavy atom. The zero-order valence-corrected chi connectivity index (χ0v) is 16.1. The van der Waals surface area contributed by atoms with Gasteiger partial charge in [-0.05, 0) is 44.6 Å². The Morgan fingerprint density at radius 2 is 2.04 bits per heavy atom. The first kappa shape index (κ1) is 21.3. The molecule has 0 radical (unpaired) electrons. The molecule has 1 saturated carbocycles. The van der Waals surface area contributed by atoms with Gasteiger partial charge in [0, 0.05) is 23.7 Å². The lowest BCUT2D eigenvalue weighted by Crippen LogP contribution is -2.51. The van der Waals surface area contributed by atoms with Crippen LogP contribution in [0.1, 0.15) is 45.1 Å². The van der Waals surface area contributed by atoms with Gasteiger partial charge in [0.25, 0.3) is 0 Å². The SMILES string of the molecule is C/C=C\CC.COc1ccc(CN)c(OC)c1.NC12CC=CC1CC2. The van der Waals surface area contributed by atoms with Crippen molar-refractivity contribution < 1.29 is 9.47 Å². The normalized spacial score (nSPS) is 22.9. The quantitative estimate of drug-likeness (QED) is 0.802. The van der Waals surface area contributed by atoms with E-state index in [9.17, 15) is 0 Å². The Hall–Kier alpha value is -1.78. The maximum Gasteiger partial charge on any atom is 0.127 e. The lowest BCUT2D eigenvalue weighted by atomic mass is 9.69. The number of ether oxygens (including phenoxy) is 2. The molecule has 0 spiro atoms. The second-order valence-electron chi connectivity index (χ2n) is 6.37. The molecule has 0 aliphatic heterocycles. The minimum atomic E-state index is 0.222. The van der Waals surface area contributed by atoms with Gasteiger partial charge in [0.1, 0.15) is 11.5 Å². The number of hydrogen-bond acceptors (Lipinski definition) is 4. The van der Waals surface area contributed by atoms with Crippen molar-refractivity contribution >= 4 is 0 Å². The van der Waals surface area contributed by atoms with Crippen LogP contribution in [0, 0.1) is 5.92 Å². The number of allylic oxidation sites excluding steroid dienone is 2. The molecule has 0 heterocycles. The van der Waals surface area contributed by atoms with E-state index in [0.29, 0.717) is 6.54 Å². The van der Waals surface area contributed by atoms with Crippen molar-refractivity contribution in [3.63, 3.8) is 0 Å². The number of fused-ring (bicyclic) bond motifs is 1. The third-order valence-corrected chi connectivity index (χ3v) is 4.71. The first-order valence-corrected chi connectivity index (χ1v) is 9.02. The molecule has 3 rings (SSSR count). The molecule has 1 fully saturated rings. The molecule has 0 bridgehead atoms. The van der Waals surface area contributed by atoms with E-state index in [2.05, 4.69) is 31.2 Å². The molecular formula is C21H34N2O2. The summed E-state index contributed by atoms with van der Waals surface area (Å²) in [6.45, 7) is 4.64. The average molecular weight is 347 g/mol. The van der Waals surface area contributed by atoms with Crippen LogP contribution in [0.2, 0.25) is 0 Å². The molecule has 0 amide bonds. The van der Waals surface area contributed by atoms with Gasteiger partial charge in [-0.2, -0.15) is 0 Å². The molecule has 1 aromatic rings. The highest BCUT2D eigenvalue weighted by Gasteiger charge is 2.43. The van der Waals surface area contributed by atoms with Crippen molar-refractivity contribution in [3.8, 4) is 11.5 Å². The minimum Gasteiger partial charge on any atom is -0.497 e. The van der Waals surface area contributed by atoms with Crippen molar-refractivity contribution in [2.75, 3.05) is 14.2 Å². The van der Waals surface area contributed by atoms with Gasteiger partial charge < -0.3 is 20.9 Å². The van der Waals surface area contributed by atoms with E-state index in [0.717, 1.165) is 35.8 Å². The number of rotatable bonds is 4. The molecular weight excluding hydrogens is 312 g/mol. The molecule has 140 valence electrons. The fourth-order valence-electron chi connectivity index (χ4n) is 2.93. The highest BCUT2D eigenvalue weighted by atomic mass is 16.5. The lowest BCUT2D eigenvalue weighted by molar-refractivity contribution is 0.191. The Balaban J connectivity index is 0.000000207. The maximum atomic E-state index is 5.95. The van der Waals surface area contributed by atoms with Crippen LogP contribution in [0.5, 0.6) is 11.5 Å². The Morgan fingerprint density at radius 3 is 2.36 bits per heavy atom. The maximum absolute atomic E-state index is 5.95. The van der Waals surface area contributed by atoms with Gasteiger partial charge in [0.15, 0.2) is 0 Å². The van der Waals surface area contributed by atoms with Crippen LogP contribution in [-0.4, -0.2) is 19.8 Å². The van der Waals surface area contributed by atoms with Gasteiger partial charge in [-0.25, -0.2) is 0 Å². The van der Waals surface area contributed by atoms with Crippen molar-refractivity contribution in [1.29, 1.82) is 0 Å². The fraction of sp³-hybridized carbons (Fsp3) is 0.524. The van der Waals surface area contributed by atoms with E-state index < -0.39 is 0 Å². The van der Waals surface area contributed by atoms with Crippen LogP contribution in [0.3, 0.4) is 0 Å². The third kappa shape index (κ3) is 6.22. The van der Waals surface area contributed by atoms with Crippen molar-refractivity contribution in [1.82, 2.24) is 0 Å². The van der Waals surface area contributed by atoms with Crippen LogP contribution < -0.4 is 20.9 Å². The largest absolute Gasteiger partial charge is 0.497 e. The Kier molecular flexibility index (Phi) is 9.32. The summed E-state index contributed by atoms with van der Waals surface area (Å²) >= 11 is 0. The predicted octanol–water partition coefficient (Wildman–Crippen LogP) is 4.19. The number of hydrogen-bond donors (Lipinski definition) is 2. The summed E-state index contributed by atoms with van der Waals surface area (Å²) in [5, 5.41) is 0. The van der Waals surface area contributed by atoms with Crippen LogP contribution in [-0.2, 0) is 6.54 Å². The van der Waals surface area contributed by atoms with E-state index in [-0.39, 0.29) is 5.54 Å². The molecule has 2 aliphatic carbocycles. The molecule has 1 aromatic carbocycles. The fourth-order valence-corrected chi connectivity index (χ4v) is 2.93. The van der Waals surface area contributed by atoms with Crippen LogP contribution >= 0.6 is 0 Å². The highest BCUT2D eigenvalue weighted by molar-refractivity contribution is 5.40. The molecule has 0 aromatic heterocycles. The van der Waals surface area contributed by atoms with Crippen molar-refractivity contribution in [3.05, 3.63) is 48.1 Å². The zero-order chi connectivity index (χ0) is 18.7. The van der Waals surface area contributed by atoms with Crippen LogP contribution in [0.4, 0.5) is 0 Å². The van der Waals surface area contributed by atoms with Gasteiger partial charge >= 0.3 is 0 Å². The van der Waals surface area contributed by atoms with E-state index in [1.807, 2.05) is 25.1 Å². The van der Waals surface area contributed by atoms with Gasteiger partial charge in [0.2, 0.25) is 0 Å². The smallest absolute Gasteiger partial charge is 0.127 e. The summed E-state index contributed by atoms with van der Waals surface area (Å²) in [6, 6.07) is 5.59. The van der Waals surface area contributed by atoms with Gasteiger partial charge in [0.05, 0.1) is 14.2 Å². The van der Waals surface area contributed by atoms with Gasteiger partial charge in [-0.3, -0.25) is 0 Å². The molecule has 4 nitrogen and oxygen atoms in total. The van der Waals surface area contributed by atoms with Crippen molar-refractivity contribution in [2.24, 2.45) is 17.4 Å². The summed E-state index contributed by atoms with van der Waals surface area (Å²) in [6.07, 6.45) is 13.5. The first-order valence-electron chi connectivity index (χ1n) is 9.02. The Labute approximate surface area is 152 Å². The van der Waals surface area contributed by atoms with Crippen molar-refractivity contribution in [2.45, 2.75) is 51.6 Å². The van der Waals surface area contributed by atoms with Gasteiger partial charge in [-0.1, -0.05) is 37.3 Å². The van der Waals surface area contributed by atoms with Crippen LogP contribution in [0.25, 0.3) is 0 Å². The first-order chi connectivity index (χ1) is 12.0. The minimum absolute atomic E-state index is 0.222. The summed E-state index contributed by atoms with van der Waals surface area (Å²) in [7, 11) is 3.24. The highest BCUT2D eigenvalue weighted by Crippen LogP contribution is 2.44. The second-order valence-corrected chi connectivity index (χ2v) is 6.37. The molecule has 4 heteroatoms. The summed E-state index contributed by atoms with van der Waals surface area (Å²) in [5.74, 6) is 2.29. The second kappa shape index (κ2) is 11.0. The summed E-state index contributed by atoms with van der Waals surface area (Å²) in [4.78, 5) is 0. The molecule has 4 N–H and O–H groups in total. The average Bonchev–Trinajstić information content (AvgIpc) is 2.90. The van der Waals surface area contributed by atoms with E-state index in [1.165, 1.54) is 12.8 Å². The predicted molar refractivity (Wildman–Crippen MR) is 106 cm³/mol. The molecule has 0 saturated heterocycles. The summed E-state index contributed by atoms with van der Waals surface area (Å²) in [5.41, 5.74) is 12.6. The Bertz CT molecular complexity index is 569. The van der Waals surface area contributed by atoms with E-state index in [1.54, 1.807) is 14.2 Å². The molecule has 2 unspecified atom stereocenters. The monoisotopic (exact) mass is 346 g/mol. The standard InChI is InChI=1S/C9H13NO2.C7H11N.C5H10/c1-11-8-4-3-7(6-10)9(5-8)12-2;8-7-4-1-2-6(7)3-5-7;1-3-5-4-2/h3-5H,6,10H2,1-2H3;1-2,6H,3-5,8H2;3,5H,4H2,1-2H3/b;;5-3-. The van der Waals surface area contributed by atoms with Gasteiger partial charge in [-0.15, -0.1) is 0 Å².